The van der Waals surface area contributed by atoms with Gasteiger partial charge in [-0.15, -0.1) is 0 Å². The summed E-state index contributed by atoms with van der Waals surface area (Å²) in [6.07, 6.45) is 1.04. The van der Waals surface area contributed by atoms with Crippen LogP contribution in [0.2, 0.25) is 5.02 Å². The first kappa shape index (κ1) is 21.3. The highest BCUT2D eigenvalue weighted by Crippen LogP contribution is 2.24. The summed E-state index contributed by atoms with van der Waals surface area (Å²) in [6.45, 7) is 4.63. The molecule has 3 rings (SSSR count). The molecule has 1 aliphatic heterocycles. The molecule has 1 atom stereocenters. The number of nitrogens with zero attached hydrogens (tertiary/aromatic N) is 1. The van der Waals surface area contributed by atoms with Gasteiger partial charge in [0.2, 0.25) is 0 Å². The molecule has 2 N–H and O–H groups in total. The smallest absolute Gasteiger partial charge is 0.191 e. The Morgan fingerprint density at radius 1 is 1.14 bits per heavy atom. The van der Waals surface area contributed by atoms with Crippen molar-refractivity contribution in [1.82, 2.24) is 10.6 Å². The number of benzene rings is 2. The van der Waals surface area contributed by atoms with Crippen LogP contribution in [-0.2, 0) is 17.8 Å². The molecule has 0 spiro atoms. The van der Waals surface area contributed by atoms with Crippen LogP contribution in [0.15, 0.2) is 41.4 Å². The van der Waals surface area contributed by atoms with E-state index in [-0.39, 0.29) is 6.10 Å². The Labute approximate surface area is 177 Å². The molecule has 1 aliphatic rings. The Morgan fingerprint density at radius 2 is 1.86 bits per heavy atom. The number of hydrogen-bond donors (Lipinski definition) is 2. The largest absolute Gasteiger partial charge is 0.496 e. The number of halogens is 1. The first-order valence-corrected chi connectivity index (χ1v) is 10.1. The molecule has 0 bridgehead atoms. The van der Waals surface area contributed by atoms with E-state index in [1.165, 1.54) is 5.56 Å². The van der Waals surface area contributed by atoms with Crippen molar-refractivity contribution in [2.24, 2.45) is 4.99 Å². The highest BCUT2D eigenvalue weighted by atomic mass is 35.5. The topological polar surface area (TPSA) is 64.1 Å². The molecule has 0 amide bonds. The molecule has 2 aromatic carbocycles. The average molecular weight is 418 g/mol. The van der Waals surface area contributed by atoms with Gasteiger partial charge in [-0.2, -0.15) is 0 Å². The molecule has 0 saturated carbocycles. The van der Waals surface area contributed by atoms with Crippen LogP contribution in [0.3, 0.4) is 0 Å². The van der Waals surface area contributed by atoms with Crippen LogP contribution >= 0.6 is 11.6 Å². The Morgan fingerprint density at radius 3 is 2.52 bits per heavy atom. The van der Waals surface area contributed by atoms with Crippen LogP contribution < -0.4 is 20.1 Å². The monoisotopic (exact) mass is 417 g/mol. The van der Waals surface area contributed by atoms with Crippen molar-refractivity contribution in [3.8, 4) is 11.5 Å². The number of guanidine groups is 1. The number of ether oxygens (including phenoxy) is 3. The third-order valence-corrected chi connectivity index (χ3v) is 5.00. The molecule has 1 fully saturated rings. The normalized spacial score (nSPS) is 16.6. The number of methoxy groups -OCH3 is 1. The fourth-order valence-electron chi connectivity index (χ4n) is 3.15. The first-order chi connectivity index (χ1) is 14.1. The average Bonchev–Trinajstić information content (AvgIpc) is 3.23. The summed E-state index contributed by atoms with van der Waals surface area (Å²) in [5.41, 5.74) is 3.25. The second-order valence-corrected chi connectivity index (χ2v) is 7.39. The maximum absolute atomic E-state index is 6.17. The summed E-state index contributed by atoms with van der Waals surface area (Å²) in [7, 11) is 3.38. The van der Waals surface area contributed by atoms with Crippen LogP contribution in [0, 0.1) is 6.92 Å². The predicted octanol–water partition coefficient (Wildman–Crippen LogP) is 3.69. The Kier molecular flexibility index (Phi) is 7.61. The van der Waals surface area contributed by atoms with Crippen LogP contribution in [0.5, 0.6) is 11.5 Å². The van der Waals surface area contributed by atoms with Gasteiger partial charge in [0.15, 0.2) is 5.96 Å². The highest BCUT2D eigenvalue weighted by Gasteiger charge is 2.18. The van der Waals surface area contributed by atoms with Gasteiger partial charge in [-0.3, -0.25) is 4.99 Å². The van der Waals surface area contributed by atoms with Gasteiger partial charge in [-0.1, -0.05) is 29.8 Å². The molecule has 0 radical (unpaired) electrons. The number of rotatable bonds is 7. The molecular formula is C22H28ClN3O3. The summed E-state index contributed by atoms with van der Waals surface area (Å²) >= 11 is 6.03. The van der Waals surface area contributed by atoms with E-state index in [2.05, 4.69) is 40.7 Å². The maximum Gasteiger partial charge on any atom is 0.191 e. The maximum atomic E-state index is 6.17. The third kappa shape index (κ3) is 6.02. The molecule has 6 nitrogen and oxygen atoms in total. The van der Waals surface area contributed by atoms with E-state index < -0.39 is 0 Å². The highest BCUT2D eigenvalue weighted by molar-refractivity contribution is 6.30. The van der Waals surface area contributed by atoms with Crippen molar-refractivity contribution >= 4 is 17.6 Å². The zero-order valence-electron chi connectivity index (χ0n) is 17.1. The summed E-state index contributed by atoms with van der Waals surface area (Å²) in [4.78, 5) is 4.31. The summed E-state index contributed by atoms with van der Waals surface area (Å²) in [6, 6.07) is 11.8. The van der Waals surface area contributed by atoms with E-state index >= 15 is 0 Å². The third-order valence-electron chi connectivity index (χ3n) is 4.77. The fourth-order valence-corrected chi connectivity index (χ4v) is 3.31. The molecule has 29 heavy (non-hydrogen) atoms. The molecule has 2 aromatic rings. The van der Waals surface area contributed by atoms with Gasteiger partial charge in [-0.25, -0.2) is 0 Å². The SMILES string of the molecule is CN=C(NCc1ccc(Cl)cc1OC)NCc1ccc(C)cc1OC1CCOC1. The second kappa shape index (κ2) is 10.4. The Balaban J connectivity index is 1.61. The number of aliphatic imine (C=N–C) groups is 1. The Hall–Kier alpha value is -2.44. The first-order valence-electron chi connectivity index (χ1n) is 9.70. The zero-order valence-corrected chi connectivity index (χ0v) is 17.9. The van der Waals surface area contributed by atoms with Gasteiger partial charge < -0.3 is 24.8 Å². The lowest BCUT2D eigenvalue weighted by Crippen LogP contribution is -2.36. The van der Waals surface area contributed by atoms with Crippen molar-refractivity contribution in [3.63, 3.8) is 0 Å². The van der Waals surface area contributed by atoms with Crippen LogP contribution in [-0.4, -0.2) is 39.4 Å². The lowest BCUT2D eigenvalue weighted by Gasteiger charge is -2.18. The van der Waals surface area contributed by atoms with E-state index in [9.17, 15) is 0 Å². The number of hydrogen-bond acceptors (Lipinski definition) is 4. The molecule has 7 heteroatoms. The molecule has 0 aromatic heterocycles. The van der Waals surface area contributed by atoms with Crippen LogP contribution in [0.25, 0.3) is 0 Å². The second-order valence-electron chi connectivity index (χ2n) is 6.95. The Bertz CT molecular complexity index is 851. The van der Waals surface area contributed by atoms with Crippen molar-refractivity contribution in [3.05, 3.63) is 58.1 Å². The molecule has 1 heterocycles. The zero-order chi connectivity index (χ0) is 20.6. The summed E-state index contributed by atoms with van der Waals surface area (Å²) in [5, 5.41) is 7.31. The van der Waals surface area contributed by atoms with E-state index in [1.54, 1.807) is 20.2 Å². The van der Waals surface area contributed by atoms with E-state index in [0.717, 1.165) is 35.7 Å². The summed E-state index contributed by atoms with van der Waals surface area (Å²) in [5.74, 6) is 2.33. The predicted molar refractivity (Wildman–Crippen MR) is 116 cm³/mol. The van der Waals surface area contributed by atoms with Gasteiger partial charge in [0.1, 0.15) is 17.6 Å². The molecule has 1 saturated heterocycles. The van der Waals surface area contributed by atoms with Crippen LogP contribution in [0.4, 0.5) is 0 Å². The quantitative estimate of drug-likeness (QED) is 0.531. The van der Waals surface area contributed by atoms with Crippen LogP contribution in [0.1, 0.15) is 23.1 Å². The van der Waals surface area contributed by atoms with Crippen molar-refractivity contribution in [1.29, 1.82) is 0 Å². The molecular weight excluding hydrogens is 390 g/mol. The number of nitrogens with one attached hydrogen (secondary N) is 2. The van der Waals surface area contributed by atoms with Crippen molar-refractivity contribution in [2.45, 2.75) is 32.5 Å². The number of aryl methyl sites for hydroxylation is 1. The lowest BCUT2D eigenvalue weighted by atomic mass is 10.1. The minimum Gasteiger partial charge on any atom is -0.496 e. The molecule has 0 aliphatic carbocycles. The fraction of sp³-hybridized carbons (Fsp3) is 0.409. The van der Waals surface area contributed by atoms with E-state index in [0.29, 0.717) is 30.7 Å². The summed E-state index contributed by atoms with van der Waals surface area (Å²) < 4.78 is 17.0. The minimum atomic E-state index is 0.116. The minimum absolute atomic E-state index is 0.116. The van der Waals surface area contributed by atoms with Gasteiger partial charge in [-0.05, 0) is 30.7 Å². The molecule has 1 unspecified atom stereocenters. The van der Waals surface area contributed by atoms with E-state index in [4.69, 9.17) is 25.8 Å². The van der Waals surface area contributed by atoms with Gasteiger partial charge >= 0.3 is 0 Å². The molecule has 156 valence electrons. The van der Waals surface area contributed by atoms with E-state index in [1.807, 2.05) is 12.1 Å². The van der Waals surface area contributed by atoms with Gasteiger partial charge in [0.25, 0.3) is 0 Å². The van der Waals surface area contributed by atoms with Gasteiger partial charge in [0.05, 0.1) is 20.3 Å². The van der Waals surface area contributed by atoms with Crippen molar-refractivity contribution in [2.75, 3.05) is 27.4 Å². The van der Waals surface area contributed by atoms with Crippen molar-refractivity contribution < 1.29 is 14.2 Å². The standard InChI is InChI=1S/C22H28ClN3O3/c1-15-4-5-17(21(10-15)29-19-8-9-28-14-19)13-26-22(24-2)25-12-16-6-7-18(23)11-20(16)27-3/h4-7,10-11,19H,8-9,12-14H2,1-3H3,(H2,24,25,26). The van der Waals surface area contributed by atoms with Gasteiger partial charge in [0, 0.05) is 42.7 Å². The lowest BCUT2D eigenvalue weighted by molar-refractivity contribution is 0.140.